The van der Waals surface area contributed by atoms with Gasteiger partial charge in [-0.15, -0.1) is 0 Å². The first-order valence-electron chi connectivity index (χ1n) is 11.6. The highest BCUT2D eigenvalue weighted by atomic mass is 32.2. The first-order chi connectivity index (χ1) is 15.8. The van der Waals surface area contributed by atoms with Gasteiger partial charge in [0.25, 0.3) is 0 Å². The van der Waals surface area contributed by atoms with Crippen molar-refractivity contribution < 1.29 is 22.7 Å². The number of ether oxygens (including phenoxy) is 2. The molecule has 1 N–H and O–H groups in total. The molecule has 0 aliphatic carbocycles. The number of nitrogens with zero attached hydrogens (tertiary/aromatic N) is 1. The number of amides is 1. The number of unbranched alkanes of at least 4 members (excludes halogenated alkanes) is 1. The summed E-state index contributed by atoms with van der Waals surface area (Å²) in [6, 6.07) is 12.7. The van der Waals surface area contributed by atoms with Gasteiger partial charge >= 0.3 is 0 Å². The van der Waals surface area contributed by atoms with Crippen molar-refractivity contribution in [1.82, 2.24) is 4.31 Å². The molecule has 1 saturated heterocycles. The highest BCUT2D eigenvalue weighted by Crippen LogP contribution is 2.30. The number of aryl methyl sites for hydroxylation is 1. The molecule has 3 rings (SSSR count). The fourth-order valence-electron chi connectivity index (χ4n) is 3.64. The molecule has 1 heterocycles. The van der Waals surface area contributed by atoms with Gasteiger partial charge in [0.2, 0.25) is 15.9 Å². The van der Waals surface area contributed by atoms with E-state index in [2.05, 4.69) is 24.4 Å². The number of anilines is 1. The molecule has 33 heavy (non-hydrogen) atoms. The van der Waals surface area contributed by atoms with E-state index in [1.54, 1.807) is 6.07 Å². The maximum Gasteiger partial charge on any atom is 0.243 e. The van der Waals surface area contributed by atoms with Gasteiger partial charge in [0.1, 0.15) is 5.75 Å². The Morgan fingerprint density at radius 3 is 2.39 bits per heavy atom. The second-order valence-corrected chi connectivity index (χ2v) is 10.4. The number of morpholine rings is 1. The summed E-state index contributed by atoms with van der Waals surface area (Å²) in [4.78, 5) is 12.9. The molecule has 0 radical (unpaired) electrons. The molecule has 0 spiro atoms. The Kier molecular flexibility index (Phi) is 8.88. The molecule has 1 fully saturated rings. The second kappa shape index (κ2) is 11.6. The summed E-state index contributed by atoms with van der Waals surface area (Å²) >= 11 is 0. The number of carbonyl (C=O) groups is 1. The quantitative estimate of drug-likeness (QED) is 0.562. The molecule has 0 unspecified atom stereocenters. The van der Waals surface area contributed by atoms with Gasteiger partial charge in [-0.2, -0.15) is 4.31 Å². The maximum atomic E-state index is 13.1. The summed E-state index contributed by atoms with van der Waals surface area (Å²) in [5, 5.41) is 2.86. The minimum Gasteiger partial charge on any atom is -0.489 e. The van der Waals surface area contributed by atoms with E-state index in [-0.39, 0.29) is 23.3 Å². The fraction of sp³-hybridized carbons (Fsp3) is 0.480. The summed E-state index contributed by atoms with van der Waals surface area (Å²) in [5.74, 6) is 0.208. The van der Waals surface area contributed by atoms with Crippen molar-refractivity contribution >= 4 is 21.6 Å². The average molecular weight is 475 g/mol. The Labute approximate surface area is 197 Å². The van der Waals surface area contributed by atoms with Crippen molar-refractivity contribution in [2.75, 3.05) is 31.6 Å². The lowest BCUT2D eigenvalue weighted by atomic mass is 10.0. The number of sulfonamides is 1. The van der Waals surface area contributed by atoms with E-state index < -0.39 is 10.0 Å². The van der Waals surface area contributed by atoms with Gasteiger partial charge in [-0.25, -0.2) is 8.42 Å². The highest BCUT2D eigenvalue weighted by Gasteiger charge is 2.27. The molecular weight excluding hydrogens is 440 g/mol. The molecule has 1 aliphatic rings. The molecule has 180 valence electrons. The smallest absolute Gasteiger partial charge is 0.243 e. The van der Waals surface area contributed by atoms with Crippen LogP contribution in [0.15, 0.2) is 47.4 Å². The zero-order valence-electron chi connectivity index (χ0n) is 19.7. The van der Waals surface area contributed by atoms with Crippen LogP contribution in [0, 0.1) is 0 Å². The van der Waals surface area contributed by atoms with Crippen LogP contribution in [0.3, 0.4) is 0 Å². The second-order valence-electron chi connectivity index (χ2n) is 8.49. The van der Waals surface area contributed by atoms with E-state index in [9.17, 15) is 13.2 Å². The summed E-state index contributed by atoms with van der Waals surface area (Å²) in [7, 11) is -3.69. The third-order valence-electron chi connectivity index (χ3n) is 5.40. The molecule has 7 nitrogen and oxygen atoms in total. The zero-order chi connectivity index (χ0) is 23.8. The Bertz CT molecular complexity index is 1030. The fourth-order valence-corrected chi connectivity index (χ4v) is 5.08. The van der Waals surface area contributed by atoms with Crippen molar-refractivity contribution in [3.63, 3.8) is 0 Å². The standard InChI is InChI=1S/C25H34N2O5S/c1-4-5-6-20-7-9-21(10-8-20)17-25(28)26-23-18-22(11-12-24(23)32-19(2)3)33(29,30)27-13-15-31-16-14-27/h7-12,18-19H,4-6,13-17H2,1-3H3,(H,26,28). The van der Waals surface area contributed by atoms with Gasteiger partial charge in [0.15, 0.2) is 0 Å². The SMILES string of the molecule is CCCCc1ccc(CC(=O)Nc2cc(S(=O)(=O)N3CCOCC3)ccc2OC(C)C)cc1. The summed E-state index contributed by atoms with van der Waals surface area (Å²) in [6.07, 6.45) is 3.38. The lowest BCUT2D eigenvalue weighted by Gasteiger charge is -2.26. The first kappa shape index (κ1) is 25.2. The van der Waals surface area contributed by atoms with Crippen LogP contribution in [0.1, 0.15) is 44.7 Å². The van der Waals surface area contributed by atoms with Crippen LogP contribution in [0.5, 0.6) is 5.75 Å². The molecule has 0 bridgehead atoms. The van der Waals surface area contributed by atoms with Crippen LogP contribution in [0.25, 0.3) is 0 Å². The predicted octanol–water partition coefficient (Wildman–Crippen LogP) is 4.02. The van der Waals surface area contributed by atoms with Crippen molar-refractivity contribution in [2.45, 2.75) is 57.5 Å². The number of carbonyl (C=O) groups excluding carboxylic acids is 1. The lowest BCUT2D eigenvalue weighted by molar-refractivity contribution is -0.115. The van der Waals surface area contributed by atoms with E-state index in [1.807, 2.05) is 26.0 Å². The van der Waals surface area contributed by atoms with E-state index >= 15 is 0 Å². The topological polar surface area (TPSA) is 84.9 Å². The number of benzene rings is 2. The van der Waals surface area contributed by atoms with Gasteiger partial charge in [0, 0.05) is 13.1 Å². The van der Waals surface area contributed by atoms with Crippen molar-refractivity contribution in [3.8, 4) is 5.75 Å². The Morgan fingerprint density at radius 1 is 1.09 bits per heavy atom. The van der Waals surface area contributed by atoms with Gasteiger partial charge < -0.3 is 14.8 Å². The van der Waals surface area contributed by atoms with Gasteiger partial charge in [-0.1, -0.05) is 37.6 Å². The van der Waals surface area contributed by atoms with Crippen molar-refractivity contribution in [2.24, 2.45) is 0 Å². The Hall–Kier alpha value is -2.42. The number of hydrogen-bond donors (Lipinski definition) is 1. The molecule has 0 atom stereocenters. The molecular formula is C25H34N2O5S. The Morgan fingerprint density at radius 2 is 1.76 bits per heavy atom. The third kappa shape index (κ3) is 7.03. The minimum absolute atomic E-state index is 0.121. The summed E-state index contributed by atoms with van der Waals surface area (Å²) in [5.41, 5.74) is 2.51. The van der Waals surface area contributed by atoms with Gasteiger partial charge in [-0.05, 0) is 56.0 Å². The molecule has 0 saturated carbocycles. The molecule has 2 aromatic rings. The molecule has 1 amide bonds. The van der Waals surface area contributed by atoms with Crippen molar-refractivity contribution in [3.05, 3.63) is 53.6 Å². The first-order valence-corrected chi connectivity index (χ1v) is 13.0. The number of rotatable bonds is 10. The number of nitrogens with one attached hydrogen (secondary N) is 1. The largest absolute Gasteiger partial charge is 0.489 e. The molecule has 2 aromatic carbocycles. The monoisotopic (exact) mass is 474 g/mol. The van der Waals surface area contributed by atoms with Crippen LogP contribution in [-0.2, 0) is 32.4 Å². The predicted molar refractivity (Wildman–Crippen MR) is 129 cm³/mol. The van der Waals surface area contributed by atoms with Crippen molar-refractivity contribution in [1.29, 1.82) is 0 Å². The molecule has 0 aromatic heterocycles. The van der Waals surface area contributed by atoms with E-state index in [4.69, 9.17) is 9.47 Å². The van der Waals surface area contributed by atoms with Crippen LogP contribution in [0.4, 0.5) is 5.69 Å². The van der Waals surface area contributed by atoms with Gasteiger partial charge in [0.05, 0.1) is 36.3 Å². The van der Waals surface area contributed by atoms with Crippen LogP contribution in [-0.4, -0.2) is 51.0 Å². The third-order valence-corrected chi connectivity index (χ3v) is 7.30. The van der Waals surface area contributed by atoms with E-state index in [0.29, 0.717) is 37.7 Å². The van der Waals surface area contributed by atoms with Crippen LogP contribution in [0.2, 0.25) is 0 Å². The maximum absolute atomic E-state index is 13.1. The Balaban J connectivity index is 1.77. The summed E-state index contributed by atoms with van der Waals surface area (Å²) in [6.45, 7) is 7.28. The summed E-state index contributed by atoms with van der Waals surface area (Å²) < 4.78 is 38.6. The molecule has 8 heteroatoms. The van der Waals surface area contributed by atoms with E-state index in [0.717, 1.165) is 24.8 Å². The molecule has 1 aliphatic heterocycles. The van der Waals surface area contributed by atoms with Crippen LogP contribution >= 0.6 is 0 Å². The zero-order valence-corrected chi connectivity index (χ0v) is 20.5. The minimum atomic E-state index is -3.69. The van der Waals surface area contributed by atoms with Gasteiger partial charge in [-0.3, -0.25) is 4.79 Å². The average Bonchev–Trinajstić information content (AvgIpc) is 2.80. The van der Waals surface area contributed by atoms with Crippen LogP contribution < -0.4 is 10.1 Å². The lowest BCUT2D eigenvalue weighted by Crippen LogP contribution is -2.40. The highest BCUT2D eigenvalue weighted by molar-refractivity contribution is 7.89. The normalized spacial score (nSPS) is 14.9. The van der Waals surface area contributed by atoms with E-state index in [1.165, 1.54) is 22.0 Å². The number of hydrogen-bond acceptors (Lipinski definition) is 5.